The van der Waals surface area contributed by atoms with Crippen LogP contribution in [0.15, 0.2) is 24.3 Å². The molecule has 0 radical (unpaired) electrons. The number of ether oxygens (including phenoxy) is 1. The highest BCUT2D eigenvalue weighted by Gasteiger charge is 2.16. The summed E-state index contributed by atoms with van der Waals surface area (Å²) in [6.07, 6.45) is 6.88. The van der Waals surface area contributed by atoms with Crippen LogP contribution in [-0.2, 0) is 4.79 Å². The molecule has 1 N–H and O–H groups in total. The Bertz CT molecular complexity index is 531. The molecule has 4 nitrogen and oxygen atoms in total. The first kappa shape index (κ1) is 13.2. The van der Waals surface area contributed by atoms with E-state index in [0.29, 0.717) is 5.92 Å². The van der Waals surface area contributed by atoms with Gasteiger partial charge in [-0.1, -0.05) is 18.2 Å². The van der Waals surface area contributed by atoms with Crippen LogP contribution in [0.1, 0.15) is 18.4 Å². The highest BCUT2D eigenvalue weighted by Crippen LogP contribution is 2.29. The largest absolute Gasteiger partial charge is 0.482 e. The third-order valence-corrected chi connectivity index (χ3v) is 3.96. The second-order valence-corrected chi connectivity index (χ2v) is 5.59. The van der Waals surface area contributed by atoms with Gasteiger partial charge in [-0.25, -0.2) is 0 Å². The Hall–Kier alpha value is -1.81. The van der Waals surface area contributed by atoms with Crippen molar-refractivity contribution >= 4 is 17.7 Å². The lowest BCUT2D eigenvalue weighted by Crippen LogP contribution is -2.29. The van der Waals surface area contributed by atoms with E-state index >= 15 is 0 Å². The molecule has 0 spiro atoms. The first-order valence-electron chi connectivity index (χ1n) is 7.14. The van der Waals surface area contributed by atoms with Gasteiger partial charge in [-0.05, 0) is 56.6 Å². The lowest BCUT2D eigenvalue weighted by molar-refractivity contribution is -0.118. The van der Waals surface area contributed by atoms with Gasteiger partial charge in [-0.2, -0.15) is 0 Å². The molecule has 0 aliphatic carbocycles. The minimum absolute atomic E-state index is 0.0889. The van der Waals surface area contributed by atoms with Crippen LogP contribution >= 0.6 is 0 Å². The number of nitrogens with zero attached hydrogens (tertiary/aromatic N) is 1. The Morgan fingerprint density at radius 2 is 2.15 bits per heavy atom. The zero-order chi connectivity index (χ0) is 13.9. The van der Waals surface area contributed by atoms with Crippen molar-refractivity contribution in [1.82, 2.24) is 4.90 Å². The van der Waals surface area contributed by atoms with E-state index < -0.39 is 0 Å². The zero-order valence-corrected chi connectivity index (χ0v) is 11.8. The van der Waals surface area contributed by atoms with Crippen LogP contribution in [0.3, 0.4) is 0 Å². The molecule has 3 rings (SSSR count). The van der Waals surface area contributed by atoms with Crippen LogP contribution < -0.4 is 10.1 Å². The average molecular weight is 272 g/mol. The third-order valence-electron chi connectivity index (χ3n) is 3.96. The summed E-state index contributed by atoms with van der Waals surface area (Å²) in [6.45, 7) is 2.45. The highest BCUT2D eigenvalue weighted by atomic mass is 16.5. The number of piperidine rings is 1. The van der Waals surface area contributed by atoms with Crippen LogP contribution in [0, 0.1) is 5.92 Å². The van der Waals surface area contributed by atoms with Gasteiger partial charge < -0.3 is 15.0 Å². The van der Waals surface area contributed by atoms with Gasteiger partial charge in [0.1, 0.15) is 5.75 Å². The van der Waals surface area contributed by atoms with Crippen LogP contribution in [0.4, 0.5) is 5.69 Å². The predicted molar refractivity (Wildman–Crippen MR) is 79.8 cm³/mol. The first-order valence-corrected chi connectivity index (χ1v) is 7.14. The van der Waals surface area contributed by atoms with E-state index in [0.717, 1.165) is 17.0 Å². The van der Waals surface area contributed by atoms with Gasteiger partial charge in [0.25, 0.3) is 5.91 Å². The SMILES string of the molecule is CN1CCC(/C=C\c2ccc3c(c2)NC(=O)CO3)CC1. The van der Waals surface area contributed by atoms with Crippen molar-refractivity contribution in [2.75, 3.05) is 32.1 Å². The van der Waals surface area contributed by atoms with Gasteiger partial charge in [-0.15, -0.1) is 0 Å². The maximum atomic E-state index is 11.3. The fourth-order valence-corrected chi connectivity index (χ4v) is 2.67. The molecule has 1 saturated heterocycles. The number of rotatable bonds is 2. The van der Waals surface area contributed by atoms with Crippen molar-refractivity contribution in [3.05, 3.63) is 29.8 Å². The summed E-state index contributed by atoms with van der Waals surface area (Å²) in [7, 11) is 2.17. The number of allylic oxidation sites excluding steroid dienone is 1. The Balaban J connectivity index is 1.68. The van der Waals surface area contributed by atoms with Crippen molar-refractivity contribution in [3.8, 4) is 5.75 Å². The van der Waals surface area contributed by atoms with E-state index in [9.17, 15) is 4.79 Å². The summed E-state index contributed by atoms with van der Waals surface area (Å²) in [4.78, 5) is 13.7. The van der Waals surface area contributed by atoms with Crippen LogP contribution in [0.25, 0.3) is 6.08 Å². The molecule has 0 bridgehead atoms. The fourth-order valence-electron chi connectivity index (χ4n) is 2.67. The second-order valence-electron chi connectivity index (χ2n) is 5.59. The van der Waals surface area contributed by atoms with Crippen molar-refractivity contribution < 1.29 is 9.53 Å². The summed E-state index contributed by atoms with van der Waals surface area (Å²) in [6, 6.07) is 5.92. The normalized spacial score (nSPS) is 20.6. The van der Waals surface area contributed by atoms with Crippen molar-refractivity contribution in [3.63, 3.8) is 0 Å². The maximum absolute atomic E-state index is 11.3. The number of nitrogens with one attached hydrogen (secondary N) is 1. The molecule has 0 saturated carbocycles. The Morgan fingerprint density at radius 1 is 1.35 bits per heavy atom. The standard InChI is InChI=1S/C16H20N2O2/c1-18-8-6-12(7-9-18)2-3-13-4-5-15-14(10-13)17-16(19)11-20-15/h2-5,10,12H,6-9,11H2,1H3,(H,17,19)/b3-2-. The maximum Gasteiger partial charge on any atom is 0.262 e. The molecule has 0 atom stereocenters. The van der Waals surface area contributed by atoms with Gasteiger partial charge in [-0.3, -0.25) is 4.79 Å². The van der Waals surface area contributed by atoms with E-state index in [2.05, 4.69) is 29.4 Å². The molecule has 0 unspecified atom stereocenters. The summed E-state index contributed by atoms with van der Waals surface area (Å²) in [5.74, 6) is 1.32. The number of carbonyl (C=O) groups excluding carboxylic acids is 1. The molecule has 20 heavy (non-hydrogen) atoms. The molecule has 0 aromatic heterocycles. The molecular formula is C16H20N2O2. The van der Waals surface area contributed by atoms with Crippen molar-refractivity contribution in [2.24, 2.45) is 5.92 Å². The lowest BCUT2D eigenvalue weighted by atomic mass is 9.96. The number of likely N-dealkylation sites (tertiary alicyclic amines) is 1. The molecule has 1 fully saturated rings. The smallest absolute Gasteiger partial charge is 0.262 e. The number of anilines is 1. The number of benzene rings is 1. The minimum Gasteiger partial charge on any atom is -0.482 e. The summed E-state index contributed by atoms with van der Waals surface area (Å²) in [5.41, 5.74) is 1.88. The first-order chi connectivity index (χ1) is 9.70. The van der Waals surface area contributed by atoms with Gasteiger partial charge in [0.15, 0.2) is 6.61 Å². The molecule has 106 valence electrons. The quantitative estimate of drug-likeness (QED) is 0.898. The Labute approximate surface area is 119 Å². The van der Waals surface area contributed by atoms with E-state index in [4.69, 9.17) is 4.74 Å². The molecule has 2 aliphatic heterocycles. The Kier molecular flexibility index (Phi) is 3.74. The molecule has 1 amide bonds. The van der Waals surface area contributed by atoms with Gasteiger partial charge >= 0.3 is 0 Å². The number of hydrogen-bond acceptors (Lipinski definition) is 3. The van der Waals surface area contributed by atoms with Gasteiger partial charge in [0.2, 0.25) is 0 Å². The Morgan fingerprint density at radius 3 is 2.95 bits per heavy atom. The molecule has 1 aromatic rings. The third kappa shape index (κ3) is 3.02. The topological polar surface area (TPSA) is 41.6 Å². The molecule has 4 heteroatoms. The van der Waals surface area contributed by atoms with Crippen molar-refractivity contribution in [1.29, 1.82) is 0 Å². The van der Waals surface area contributed by atoms with Crippen LogP contribution in [-0.4, -0.2) is 37.6 Å². The number of fused-ring (bicyclic) bond motifs is 1. The summed E-state index contributed by atoms with van der Waals surface area (Å²) in [5, 5.41) is 2.84. The average Bonchev–Trinajstić information content (AvgIpc) is 2.46. The number of carbonyl (C=O) groups is 1. The summed E-state index contributed by atoms with van der Waals surface area (Å²) >= 11 is 0. The zero-order valence-electron chi connectivity index (χ0n) is 11.8. The van der Waals surface area contributed by atoms with Crippen LogP contribution in [0.5, 0.6) is 5.75 Å². The predicted octanol–water partition coefficient (Wildman–Crippen LogP) is 2.37. The van der Waals surface area contributed by atoms with E-state index in [1.165, 1.54) is 25.9 Å². The molecule has 1 aromatic carbocycles. The molecule has 2 heterocycles. The van der Waals surface area contributed by atoms with Crippen molar-refractivity contribution in [2.45, 2.75) is 12.8 Å². The number of hydrogen-bond donors (Lipinski definition) is 1. The fraction of sp³-hybridized carbons (Fsp3) is 0.438. The van der Waals surface area contributed by atoms with E-state index in [-0.39, 0.29) is 12.5 Å². The van der Waals surface area contributed by atoms with Gasteiger partial charge in [0.05, 0.1) is 5.69 Å². The van der Waals surface area contributed by atoms with Crippen LogP contribution in [0.2, 0.25) is 0 Å². The van der Waals surface area contributed by atoms with E-state index in [1.807, 2.05) is 18.2 Å². The van der Waals surface area contributed by atoms with Gasteiger partial charge in [0, 0.05) is 0 Å². The summed E-state index contributed by atoms with van der Waals surface area (Å²) < 4.78 is 5.36. The lowest BCUT2D eigenvalue weighted by Gasteiger charge is -2.27. The minimum atomic E-state index is -0.0889. The monoisotopic (exact) mass is 272 g/mol. The second kappa shape index (κ2) is 5.67. The molecule has 2 aliphatic rings. The molecular weight excluding hydrogens is 252 g/mol. The highest BCUT2D eigenvalue weighted by molar-refractivity contribution is 5.95. The van der Waals surface area contributed by atoms with E-state index in [1.54, 1.807) is 0 Å². The number of amides is 1.